The zero-order valence-electron chi connectivity index (χ0n) is 16.0. The molecule has 0 bridgehead atoms. The molecule has 0 radical (unpaired) electrons. The Morgan fingerprint density at radius 3 is 2.56 bits per heavy atom. The molecule has 0 aliphatic heterocycles. The minimum absolute atomic E-state index is 0.0600. The van der Waals surface area contributed by atoms with Gasteiger partial charge in [0.15, 0.2) is 0 Å². The molecule has 2 rings (SSSR count). The summed E-state index contributed by atoms with van der Waals surface area (Å²) in [5, 5.41) is 6.65. The van der Waals surface area contributed by atoms with Crippen molar-refractivity contribution in [3.8, 4) is 17.1 Å². The number of rotatable bonds is 10. The lowest BCUT2D eigenvalue weighted by Gasteiger charge is -2.19. The highest BCUT2D eigenvalue weighted by atomic mass is 16.5. The number of carbonyl (C=O) groups is 2. The first-order chi connectivity index (χ1) is 13.1. The third kappa shape index (κ3) is 6.09. The predicted octanol–water partition coefficient (Wildman–Crippen LogP) is 2.05. The maximum atomic E-state index is 12.3. The van der Waals surface area contributed by atoms with Crippen LogP contribution >= 0.6 is 0 Å². The van der Waals surface area contributed by atoms with Gasteiger partial charge in [-0.15, -0.1) is 0 Å². The zero-order valence-corrected chi connectivity index (χ0v) is 16.0. The third-order valence-corrected chi connectivity index (χ3v) is 3.89. The van der Waals surface area contributed by atoms with Crippen LogP contribution in [0.15, 0.2) is 28.8 Å². The number of hydrogen-bond donors (Lipinski definition) is 1. The molecule has 27 heavy (non-hydrogen) atoms. The van der Waals surface area contributed by atoms with Crippen molar-refractivity contribution in [1.82, 2.24) is 20.4 Å². The van der Waals surface area contributed by atoms with Gasteiger partial charge < -0.3 is 19.5 Å². The summed E-state index contributed by atoms with van der Waals surface area (Å²) >= 11 is 0. The van der Waals surface area contributed by atoms with Crippen molar-refractivity contribution in [3.05, 3.63) is 30.2 Å². The predicted molar refractivity (Wildman–Crippen MR) is 100 cm³/mol. The summed E-state index contributed by atoms with van der Waals surface area (Å²) < 4.78 is 10.6. The first-order valence-corrected chi connectivity index (χ1v) is 9.17. The molecule has 8 nitrogen and oxygen atoms in total. The molecule has 1 N–H and O–H groups in total. The van der Waals surface area contributed by atoms with E-state index in [-0.39, 0.29) is 24.8 Å². The molecule has 8 heteroatoms. The molecule has 0 atom stereocenters. The summed E-state index contributed by atoms with van der Waals surface area (Å²) in [6, 6.07) is 7.41. The monoisotopic (exact) mass is 374 g/mol. The van der Waals surface area contributed by atoms with Crippen LogP contribution in [0.25, 0.3) is 11.4 Å². The van der Waals surface area contributed by atoms with E-state index in [1.165, 1.54) is 4.90 Å². The number of nitrogens with one attached hydrogen (secondary N) is 1. The van der Waals surface area contributed by atoms with E-state index in [0.29, 0.717) is 37.8 Å². The first-order valence-electron chi connectivity index (χ1n) is 9.17. The Labute approximate surface area is 158 Å². The Morgan fingerprint density at radius 2 is 1.93 bits per heavy atom. The smallest absolute Gasteiger partial charge is 0.239 e. The van der Waals surface area contributed by atoms with Crippen LogP contribution in [0.2, 0.25) is 0 Å². The fraction of sp³-hybridized carbons (Fsp3) is 0.474. The maximum absolute atomic E-state index is 12.3. The number of aryl methyl sites for hydroxylation is 1. The van der Waals surface area contributed by atoms with Crippen molar-refractivity contribution in [2.75, 3.05) is 26.2 Å². The molecular weight excluding hydrogens is 348 g/mol. The fourth-order valence-corrected chi connectivity index (χ4v) is 2.52. The number of ether oxygens (including phenoxy) is 1. The first kappa shape index (κ1) is 20.4. The fourth-order valence-electron chi connectivity index (χ4n) is 2.52. The summed E-state index contributed by atoms with van der Waals surface area (Å²) in [5.41, 5.74) is 0.811. The quantitative estimate of drug-likeness (QED) is 0.684. The van der Waals surface area contributed by atoms with Crippen LogP contribution in [0.4, 0.5) is 0 Å². The van der Waals surface area contributed by atoms with Crippen molar-refractivity contribution in [2.24, 2.45) is 0 Å². The summed E-state index contributed by atoms with van der Waals surface area (Å²) in [6.45, 7) is 7.29. The molecule has 0 spiro atoms. The van der Waals surface area contributed by atoms with Crippen LogP contribution in [-0.4, -0.2) is 53.1 Å². The van der Waals surface area contributed by atoms with Crippen LogP contribution in [0, 0.1) is 0 Å². The Bertz CT molecular complexity index is 742. The van der Waals surface area contributed by atoms with Gasteiger partial charge >= 0.3 is 0 Å². The van der Waals surface area contributed by atoms with Gasteiger partial charge in [0.05, 0.1) is 13.2 Å². The van der Waals surface area contributed by atoms with E-state index in [2.05, 4.69) is 15.5 Å². The average molecular weight is 374 g/mol. The lowest BCUT2D eigenvalue weighted by atomic mass is 10.2. The zero-order chi connectivity index (χ0) is 19.6. The van der Waals surface area contributed by atoms with Crippen molar-refractivity contribution in [1.29, 1.82) is 0 Å². The minimum atomic E-state index is -0.164. The number of amides is 2. The van der Waals surface area contributed by atoms with E-state index in [4.69, 9.17) is 9.26 Å². The number of aromatic nitrogens is 2. The molecule has 0 saturated carbocycles. The normalized spacial score (nSPS) is 10.5. The number of carbonyl (C=O) groups excluding carboxylic acids is 2. The molecule has 0 saturated heterocycles. The van der Waals surface area contributed by atoms with Gasteiger partial charge in [-0.3, -0.25) is 9.59 Å². The molecule has 146 valence electrons. The van der Waals surface area contributed by atoms with E-state index in [1.807, 2.05) is 45.0 Å². The second kappa shape index (κ2) is 10.3. The van der Waals surface area contributed by atoms with Gasteiger partial charge in [0, 0.05) is 31.5 Å². The molecule has 2 amide bonds. The third-order valence-electron chi connectivity index (χ3n) is 3.89. The van der Waals surface area contributed by atoms with Gasteiger partial charge in [-0.25, -0.2) is 0 Å². The van der Waals surface area contributed by atoms with Crippen LogP contribution in [-0.2, 0) is 16.0 Å². The summed E-state index contributed by atoms with van der Waals surface area (Å²) in [6.07, 6.45) is 0.535. The highest BCUT2D eigenvalue weighted by Crippen LogP contribution is 2.20. The van der Waals surface area contributed by atoms with Crippen molar-refractivity contribution >= 4 is 11.8 Å². The van der Waals surface area contributed by atoms with Gasteiger partial charge in [0.1, 0.15) is 5.75 Å². The van der Waals surface area contributed by atoms with E-state index in [1.54, 1.807) is 0 Å². The maximum Gasteiger partial charge on any atom is 0.239 e. The van der Waals surface area contributed by atoms with Crippen LogP contribution in [0.5, 0.6) is 5.75 Å². The van der Waals surface area contributed by atoms with Gasteiger partial charge in [0.25, 0.3) is 0 Å². The molecular formula is C19H26N4O4. The molecule has 0 unspecified atom stereocenters. The number of benzene rings is 1. The van der Waals surface area contributed by atoms with Gasteiger partial charge in [-0.1, -0.05) is 5.16 Å². The van der Waals surface area contributed by atoms with Crippen molar-refractivity contribution in [3.63, 3.8) is 0 Å². The summed E-state index contributed by atoms with van der Waals surface area (Å²) in [4.78, 5) is 29.8. The van der Waals surface area contributed by atoms with E-state index >= 15 is 0 Å². The Morgan fingerprint density at radius 1 is 1.19 bits per heavy atom. The Balaban J connectivity index is 1.91. The second-order valence-corrected chi connectivity index (χ2v) is 5.83. The molecule has 0 aliphatic carbocycles. The van der Waals surface area contributed by atoms with E-state index in [0.717, 1.165) is 11.3 Å². The molecule has 1 aromatic carbocycles. The van der Waals surface area contributed by atoms with Crippen LogP contribution in [0.3, 0.4) is 0 Å². The lowest BCUT2D eigenvalue weighted by molar-refractivity contribution is -0.135. The molecule has 0 aliphatic rings. The van der Waals surface area contributed by atoms with Crippen LogP contribution in [0.1, 0.15) is 33.1 Å². The Kier molecular flexibility index (Phi) is 7.79. The average Bonchev–Trinajstić information content (AvgIpc) is 3.14. The summed E-state index contributed by atoms with van der Waals surface area (Å²) in [7, 11) is 0. The molecule has 1 aromatic heterocycles. The highest BCUT2D eigenvalue weighted by Gasteiger charge is 2.17. The van der Waals surface area contributed by atoms with E-state index in [9.17, 15) is 9.59 Å². The topological polar surface area (TPSA) is 97.6 Å². The minimum Gasteiger partial charge on any atom is -0.494 e. The van der Waals surface area contributed by atoms with Crippen molar-refractivity contribution in [2.45, 2.75) is 33.6 Å². The second-order valence-electron chi connectivity index (χ2n) is 5.83. The lowest BCUT2D eigenvalue weighted by Crippen LogP contribution is -2.40. The molecule has 0 fully saturated rings. The number of likely N-dealkylation sites (N-methyl/N-ethyl adjacent to an activating group) is 2. The van der Waals surface area contributed by atoms with Crippen LogP contribution < -0.4 is 10.1 Å². The molecule has 2 aromatic rings. The largest absolute Gasteiger partial charge is 0.494 e. The molecule has 1 heterocycles. The standard InChI is InChI=1S/C19H26N4O4/c1-4-20-16(24)13-23(5-2)18(25)12-11-17-21-19(22-27-17)14-7-9-15(10-8-14)26-6-3/h7-10H,4-6,11-13H2,1-3H3,(H,20,24). The Hall–Kier alpha value is -2.90. The van der Waals surface area contributed by atoms with E-state index < -0.39 is 0 Å². The number of nitrogens with zero attached hydrogens (tertiary/aromatic N) is 3. The van der Waals surface area contributed by atoms with Gasteiger partial charge in [-0.05, 0) is 45.0 Å². The van der Waals surface area contributed by atoms with Gasteiger partial charge in [0.2, 0.25) is 23.5 Å². The summed E-state index contributed by atoms with van der Waals surface area (Å²) in [5.74, 6) is 1.35. The SMILES string of the molecule is CCNC(=O)CN(CC)C(=O)CCc1nc(-c2ccc(OCC)cc2)no1. The highest BCUT2D eigenvalue weighted by molar-refractivity contribution is 5.84. The number of hydrogen-bond acceptors (Lipinski definition) is 6. The van der Waals surface area contributed by atoms with Gasteiger partial charge in [-0.2, -0.15) is 4.98 Å². The van der Waals surface area contributed by atoms with Crippen molar-refractivity contribution < 1.29 is 18.8 Å².